The number of nitrogens with zero attached hydrogens (tertiary/aromatic N) is 2. The zero-order chi connectivity index (χ0) is 25.9. The summed E-state index contributed by atoms with van der Waals surface area (Å²) < 4.78 is 38.7. The highest BCUT2D eigenvalue weighted by atomic mass is 32.2. The van der Waals surface area contributed by atoms with Crippen molar-refractivity contribution in [2.24, 2.45) is 5.92 Å². The van der Waals surface area contributed by atoms with Gasteiger partial charge < -0.3 is 19.8 Å². The van der Waals surface area contributed by atoms with Gasteiger partial charge in [-0.3, -0.25) is 9.59 Å². The molecule has 0 unspecified atom stereocenters. The minimum atomic E-state index is -3.92. The van der Waals surface area contributed by atoms with Crippen molar-refractivity contribution in [1.29, 1.82) is 0 Å². The predicted molar refractivity (Wildman–Crippen MR) is 135 cm³/mol. The molecule has 1 atom stereocenters. The fraction of sp³-hybridized carbons (Fsp3) is 0.320. The third kappa shape index (κ3) is 5.42. The van der Waals surface area contributed by atoms with Crippen LogP contribution in [0.15, 0.2) is 58.2 Å². The Kier molecular flexibility index (Phi) is 7.41. The van der Waals surface area contributed by atoms with Crippen molar-refractivity contribution in [3.8, 4) is 22.9 Å². The summed E-state index contributed by atoms with van der Waals surface area (Å²) in [5.74, 6) is 0.186. The van der Waals surface area contributed by atoms with Gasteiger partial charge in [-0.1, -0.05) is 12.1 Å². The van der Waals surface area contributed by atoms with Gasteiger partial charge in [0, 0.05) is 42.2 Å². The molecule has 0 bridgehead atoms. The monoisotopic (exact) mass is 512 g/mol. The van der Waals surface area contributed by atoms with E-state index in [-0.39, 0.29) is 28.7 Å². The molecule has 1 aromatic heterocycles. The SMILES string of the molecule is COc1ccc(OC)c(S(=O)(=O)N2CCC[C@@H](C(=O)Nc3cccc(-c4nc(C)cc(=O)[nH]4)c3)C2)c1. The van der Waals surface area contributed by atoms with Crippen LogP contribution in [0.1, 0.15) is 18.5 Å². The van der Waals surface area contributed by atoms with Gasteiger partial charge in [-0.15, -0.1) is 0 Å². The van der Waals surface area contributed by atoms with Gasteiger partial charge in [0.15, 0.2) is 0 Å². The van der Waals surface area contributed by atoms with Crippen molar-refractivity contribution in [3.63, 3.8) is 0 Å². The number of H-pyrrole nitrogens is 1. The van der Waals surface area contributed by atoms with E-state index in [9.17, 15) is 18.0 Å². The van der Waals surface area contributed by atoms with Crippen molar-refractivity contribution in [1.82, 2.24) is 14.3 Å². The van der Waals surface area contributed by atoms with Gasteiger partial charge in [0.1, 0.15) is 22.2 Å². The molecule has 1 fully saturated rings. The molecular weight excluding hydrogens is 484 g/mol. The standard InChI is InChI=1S/C25H28N4O6S/c1-16-12-23(30)28-24(26-16)17-6-4-8-19(13-17)27-25(31)18-7-5-11-29(15-18)36(32,33)22-14-20(34-2)9-10-21(22)35-3/h4,6,8-10,12-14,18H,5,7,11,15H2,1-3H3,(H,27,31)(H,26,28,30)/t18-/m1/s1. The molecule has 2 N–H and O–H groups in total. The van der Waals surface area contributed by atoms with Gasteiger partial charge in [0.05, 0.1) is 20.1 Å². The van der Waals surface area contributed by atoms with E-state index in [1.54, 1.807) is 43.3 Å². The molecule has 11 heteroatoms. The number of benzene rings is 2. The number of rotatable bonds is 7. The Morgan fingerprint density at radius 2 is 1.94 bits per heavy atom. The lowest BCUT2D eigenvalue weighted by molar-refractivity contribution is -0.120. The molecule has 3 aromatic rings. The molecule has 10 nitrogen and oxygen atoms in total. The molecular formula is C25H28N4O6S. The Balaban J connectivity index is 1.52. The summed E-state index contributed by atoms with van der Waals surface area (Å²) in [5.41, 5.74) is 1.49. The van der Waals surface area contributed by atoms with Crippen LogP contribution in [0.4, 0.5) is 5.69 Å². The van der Waals surface area contributed by atoms with Gasteiger partial charge in [-0.25, -0.2) is 13.4 Å². The molecule has 1 aliphatic rings. The maximum Gasteiger partial charge on any atom is 0.251 e. The van der Waals surface area contributed by atoms with E-state index < -0.39 is 15.9 Å². The summed E-state index contributed by atoms with van der Waals surface area (Å²) in [7, 11) is -1.06. The van der Waals surface area contributed by atoms with Crippen LogP contribution in [0.3, 0.4) is 0 Å². The highest BCUT2D eigenvalue weighted by Gasteiger charge is 2.35. The molecule has 1 saturated heterocycles. The summed E-state index contributed by atoms with van der Waals surface area (Å²) in [6, 6.07) is 13.0. The molecule has 0 radical (unpaired) electrons. The summed E-state index contributed by atoms with van der Waals surface area (Å²) in [6.45, 7) is 2.07. The van der Waals surface area contributed by atoms with Crippen LogP contribution in [-0.4, -0.2) is 55.9 Å². The number of anilines is 1. The minimum Gasteiger partial charge on any atom is -0.497 e. The predicted octanol–water partition coefficient (Wildman–Crippen LogP) is 2.80. The molecule has 1 aliphatic heterocycles. The fourth-order valence-electron chi connectivity index (χ4n) is 4.20. The minimum absolute atomic E-state index is 0.00208. The third-order valence-electron chi connectivity index (χ3n) is 6.02. The number of hydrogen-bond acceptors (Lipinski definition) is 7. The Morgan fingerprint density at radius 1 is 1.14 bits per heavy atom. The zero-order valence-corrected chi connectivity index (χ0v) is 21.1. The van der Waals surface area contributed by atoms with Crippen molar-refractivity contribution in [2.75, 3.05) is 32.6 Å². The summed E-state index contributed by atoms with van der Waals surface area (Å²) in [4.78, 5) is 32.0. The number of aryl methyl sites for hydroxylation is 1. The Hall–Kier alpha value is -3.70. The highest BCUT2D eigenvalue weighted by molar-refractivity contribution is 7.89. The lowest BCUT2D eigenvalue weighted by Crippen LogP contribution is -2.43. The lowest BCUT2D eigenvalue weighted by atomic mass is 9.98. The third-order valence-corrected chi connectivity index (χ3v) is 7.90. The summed E-state index contributed by atoms with van der Waals surface area (Å²) in [5, 5.41) is 2.88. The number of hydrogen-bond donors (Lipinski definition) is 2. The largest absolute Gasteiger partial charge is 0.497 e. The number of methoxy groups -OCH3 is 2. The smallest absolute Gasteiger partial charge is 0.251 e. The van der Waals surface area contributed by atoms with E-state index in [1.807, 2.05) is 0 Å². The number of ether oxygens (including phenoxy) is 2. The second-order valence-corrected chi connectivity index (χ2v) is 10.4. The molecule has 2 heterocycles. The first-order chi connectivity index (χ1) is 17.2. The van der Waals surface area contributed by atoms with Crippen molar-refractivity contribution in [2.45, 2.75) is 24.7 Å². The quantitative estimate of drug-likeness (QED) is 0.498. The molecule has 0 aliphatic carbocycles. The van der Waals surface area contributed by atoms with Gasteiger partial charge in [0.25, 0.3) is 5.56 Å². The van der Waals surface area contributed by atoms with E-state index >= 15 is 0 Å². The molecule has 4 rings (SSSR count). The first kappa shape index (κ1) is 25.4. The molecule has 2 aromatic carbocycles. The van der Waals surface area contributed by atoms with Gasteiger partial charge >= 0.3 is 0 Å². The number of carbonyl (C=O) groups excluding carboxylic acids is 1. The maximum absolute atomic E-state index is 13.4. The van der Waals surface area contributed by atoms with Crippen molar-refractivity contribution in [3.05, 3.63) is 64.6 Å². The Bertz CT molecular complexity index is 1440. The molecule has 0 spiro atoms. The Labute approximate surface area is 209 Å². The number of amides is 1. The average molecular weight is 513 g/mol. The molecule has 0 saturated carbocycles. The second-order valence-electron chi connectivity index (χ2n) is 8.52. The van der Waals surface area contributed by atoms with E-state index in [0.29, 0.717) is 47.9 Å². The number of carbonyl (C=O) groups is 1. The van der Waals surface area contributed by atoms with Gasteiger partial charge in [-0.2, -0.15) is 4.31 Å². The first-order valence-corrected chi connectivity index (χ1v) is 12.9. The maximum atomic E-state index is 13.4. The van der Waals surface area contributed by atoms with Crippen molar-refractivity contribution >= 4 is 21.6 Å². The van der Waals surface area contributed by atoms with E-state index in [2.05, 4.69) is 15.3 Å². The number of aromatic amines is 1. The highest BCUT2D eigenvalue weighted by Crippen LogP contribution is 2.33. The number of sulfonamides is 1. The van der Waals surface area contributed by atoms with Crippen LogP contribution >= 0.6 is 0 Å². The van der Waals surface area contributed by atoms with Crippen LogP contribution in [0.2, 0.25) is 0 Å². The first-order valence-electron chi connectivity index (χ1n) is 11.4. The van der Waals surface area contributed by atoms with Crippen LogP contribution < -0.4 is 20.3 Å². The second kappa shape index (κ2) is 10.5. The van der Waals surface area contributed by atoms with Crippen LogP contribution in [0, 0.1) is 12.8 Å². The molecule has 1 amide bonds. The Morgan fingerprint density at radius 3 is 2.67 bits per heavy atom. The van der Waals surface area contributed by atoms with Crippen LogP contribution in [-0.2, 0) is 14.8 Å². The lowest BCUT2D eigenvalue weighted by Gasteiger charge is -2.31. The normalized spacial score (nSPS) is 16.4. The van der Waals surface area contributed by atoms with Crippen LogP contribution in [0.25, 0.3) is 11.4 Å². The summed E-state index contributed by atoms with van der Waals surface area (Å²) >= 11 is 0. The van der Waals surface area contributed by atoms with E-state index in [0.717, 1.165) is 0 Å². The number of aromatic nitrogens is 2. The van der Waals surface area contributed by atoms with E-state index in [4.69, 9.17) is 9.47 Å². The number of piperidine rings is 1. The average Bonchev–Trinajstić information content (AvgIpc) is 2.88. The molecule has 190 valence electrons. The van der Waals surface area contributed by atoms with E-state index in [1.165, 1.54) is 30.7 Å². The topological polar surface area (TPSA) is 131 Å². The van der Waals surface area contributed by atoms with Crippen LogP contribution in [0.5, 0.6) is 11.5 Å². The molecule has 36 heavy (non-hydrogen) atoms. The van der Waals surface area contributed by atoms with Crippen molar-refractivity contribution < 1.29 is 22.7 Å². The summed E-state index contributed by atoms with van der Waals surface area (Å²) in [6.07, 6.45) is 1.09. The zero-order valence-electron chi connectivity index (χ0n) is 20.3. The fourth-order valence-corrected chi connectivity index (χ4v) is 5.90. The van der Waals surface area contributed by atoms with Gasteiger partial charge in [-0.05, 0) is 44.0 Å². The number of nitrogens with one attached hydrogen (secondary N) is 2. The van der Waals surface area contributed by atoms with Gasteiger partial charge in [0.2, 0.25) is 15.9 Å².